The maximum Gasteiger partial charge on any atom is 0.306 e. The van der Waals surface area contributed by atoms with Gasteiger partial charge in [0.05, 0.1) is 0 Å². The predicted molar refractivity (Wildman–Crippen MR) is 288 cm³/mol. The number of unbranched alkanes of at least 4 members (excludes halogenated alkanes) is 31. The molecule has 0 fully saturated rings. The van der Waals surface area contributed by atoms with Gasteiger partial charge in [-0.3, -0.25) is 14.4 Å². The van der Waals surface area contributed by atoms with E-state index in [9.17, 15) is 14.4 Å². The molecule has 0 heterocycles. The minimum Gasteiger partial charge on any atom is -0.462 e. The van der Waals surface area contributed by atoms with Crippen LogP contribution >= 0.6 is 0 Å². The lowest BCUT2D eigenvalue weighted by atomic mass is 10.0. The average Bonchev–Trinajstić information content (AvgIpc) is 3.33. The van der Waals surface area contributed by atoms with Gasteiger partial charge < -0.3 is 14.2 Å². The largest absolute Gasteiger partial charge is 0.462 e. The lowest BCUT2D eigenvalue weighted by Crippen LogP contribution is -2.30. The molecule has 1 atom stereocenters. The van der Waals surface area contributed by atoms with Crippen molar-refractivity contribution in [3.8, 4) is 0 Å². The molecule has 0 aliphatic heterocycles. The topological polar surface area (TPSA) is 78.9 Å². The molecule has 0 radical (unpaired) electrons. The van der Waals surface area contributed by atoms with E-state index in [0.29, 0.717) is 19.3 Å². The van der Waals surface area contributed by atoms with E-state index in [0.717, 1.165) is 89.9 Å². The first-order valence-corrected chi connectivity index (χ1v) is 28.8. The van der Waals surface area contributed by atoms with Gasteiger partial charge in [0.25, 0.3) is 0 Å². The fourth-order valence-electron chi connectivity index (χ4n) is 8.19. The summed E-state index contributed by atoms with van der Waals surface area (Å²) >= 11 is 0. The second-order valence-corrected chi connectivity index (χ2v) is 19.2. The molecular weight excluding hydrogens is 829 g/mol. The van der Waals surface area contributed by atoms with Crippen molar-refractivity contribution in [3.63, 3.8) is 0 Å². The van der Waals surface area contributed by atoms with Crippen molar-refractivity contribution in [2.75, 3.05) is 13.2 Å². The Hall–Kier alpha value is -2.89. The first-order valence-electron chi connectivity index (χ1n) is 28.8. The van der Waals surface area contributed by atoms with Crippen molar-refractivity contribution in [2.24, 2.45) is 0 Å². The van der Waals surface area contributed by atoms with E-state index in [2.05, 4.69) is 81.5 Å². The molecule has 67 heavy (non-hydrogen) atoms. The molecule has 1 unspecified atom stereocenters. The van der Waals surface area contributed by atoms with Gasteiger partial charge in [0, 0.05) is 19.3 Å². The summed E-state index contributed by atoms with van der Waals surface area (Å²) in [6.45, 7) is 6.47. The van der Waals surface area contributed by atoms with Gasteiger partial charge in [0.1, 0.15) is 13.2 Å². The molecule has 0 aliphatic carbocycles. The van der Waals surface area contributed by atoms with Crippen molar-refractivity contribution in [3.05, 3.63) is 60.8 Å². The Morgan fingerprint density at radius 3 is 0.925 bits per heavy atom. The Kier molecular flexibility index (Phi) is 53.3. The van der Waals surface area contributed by atoms with Crippen LogP contribution in [0.25, 0.3) is 0 Å². The van der Waals surface area contributed by atoms with Crippen LogP contribution in [0.4, 0.5) is 0 Å². The van der Waals surface area contributed by atoms with E-state index in [1.165, 1.54) is 161 Å². The molecule has 0 N–H and O–H groups in total. The number of allylic oxidation sites excluding steroid dienone is 10. The molecule has 0 aromatic heterocycles. The van der Waals surface area contributed by atoms with Crippen LogP contribution in [-0.2, 0) is 28.6 Å². The molecule has 0 spiro atoms. The SMILES string of the molecule is CC/C=C\C/C=C\C/C=C\C/C=C\CCCCCCCCCCCCCCCCCCC(=O)OCC(COC(=O)CCCCCCCC)OC(=O)CCCCCCC/C=C\CCCCCCC. The van der Waals surface area contributed by atoms with E-state index < -0.39 is 6.10 Å². The summed E-state index contributed by atoms with van der Waals surface area (Å²) in [6, 6.07) is 0. The first kappa shape index (κ1) is 64.1. The third kappa shape index (κ3) is 53.9. The van der Waals surface area contributed by atoms with E-state index in [1.807, 2.05) is 0 Å². The quantitative estimate of drug-likeness (QED) is 0.0262. The van der Waals surface area contributed by atoms with Crippen molar-refractivity contribution in [2.45, 2.75) is 297 Å². The van der Waals surface area contributed by atoms with Crippen LogP contribution in [-0.4, -0.2) is 37.2 Å². The molecular formula is C61H108O6. The zero-order chi connectivity index (χ0) is 48.6. The number of rotatable bonds is 52. The van der Waals surface area contributed by atoms with Gasteiger partial charge in [-0.15, -0.1) is 0 Å². The molecule has 6 nitrogen and oxygen atoms in total. The molecule has 0 rings (SSSR count). The Bertz CT molecular complexity index is 1210. The number of hydrogen-bond acceptors (Lipinski definition) is 6. The molecule has 0 saturated carbocycles. The number of carbonyl (C=O) groups excluding carboxylic acids is 3. The summed E-state index contributed by atoms with van der Waals surface area (Å²) in [5.41, 5.74) is 0. The Morgan fingerprint density at radius 1 is 0.313 bits per heavy atom. The van der Waals surface area contributed by atoms with E-state index in [1.54, 1.807) is 0 Å². The highest BCUT2D eigenvalue weighted by atomic mass is 16.6. The zero-order valence-electron chi connectivity index (χ0n) is 44.4. The van der Waals surface area contributed by atoms with Crippen LogP contribution in [0, 0.1) is 0 Å². The summed E-state index contributed by atoms with van der Waals surface area (Å²) in [4.78, 5) is 37.8. The summed E-state index contributed by atoms with van der Waals surface area (Å²) < 4.78 is 16.7. The molecule has 0 amide bonds. The van der Waals surface area contributed by atoms with Crippen molar-refractivity contribution >= 4 is 17.9 Å². The van der Waals surface area contributed by atoms with Gasteiger partial charge in [-0.05, 0) is 83.5 Å². The lowest BCUT2D eigenvalue weighted by Gasteiger charge is -2.18. The second kappa shape index (κ2) is 55.7. The second-order valence-electron chi connectivity index (χ2n) is 19.2. The smallest absolute Gasteiger partial charge is 0.306 e. The Morgan fingerprint density at radius 2 is 0.582 bits per heavy atom. The number of carbonyl (C=O) groups is 3. The van der Waals surface area contributed by atoms with Gasteiger partial charge in [-0.2, -0.15) is 0 Å². The third-order valence-corrected chi connectivity index (χ3v) is 12.5. The average molecular weight is 938 g/mol. The minimum absolute atomic E-state index is 0.0745. The fraction of sp³-hybridized carbons (Fsp3) is 0.787. The standard InChI is InChI=1S/C61H108O6/c1-4-7-10-13-16-18-20-22-24-25-26-27-28-29-30-31-32-33-34-35-36-37-38-40-41-43-45-48-51-54-60(63)66-57-58(56-65-59(62)53-50-47-15-12-9-6-3)67-61(64)55-52-49-46-44-42-39-23-21-19-17-14-11-8-5-2/h7,10,16,18,21-24,26-27,58H,4-6,8-9,11-15,17,19-20,25,28-57H2,1-3H3/b10-7-,18-16-,23-21-,24-22-,27-26-. The van der Waals surface area contributed by atoms with Crippen LogP contribution in [0.15, 0.2) is 60.8 Å². The third-order valence-electron chi connectivity index (χ3n) is 12.5. The summed E-state index contributed by atoms with van der Waals surface area (Å²) in [5, 5.41) is 0. The fourth-order valence-corrected chi connectivity index (χ4v) is 8.19. The Balaban J connectivity index is 4.02. The van der Waals surface area contributed by atoms with Crippen molar-refractivity contribution in [1.82, 2.24) is 0 Å². The van der Waals surface area contributed by atoms with Crippen molar-refractivity contribution < 1.29 is 28.6 Å². The van der Waals surface area contributed by atoms with Crippen LogP contribution in [0.5, 0.6) is 0 Å². The summed E-state index contributed by atoms with van der Waals surface area (Å²) in [6.07, 6.45) is 69.7. The van der Waals surface area contributed by atoms with E-state index in [-0.39, 0.29) is 31.1 Å². The highest BCUT2D eigenvalue weighted by molar-refractivity contribution is 5.71. The van der Waals surface area contributed by atoms with Gasteiger partial charge >= 0.3 is 17.9 Å². The normalized spacial score (nSPS) is 12.5. The van der Waals surface area contributed by atoms with Crippen LogP contribution in [0.3, 0.4) is 0 Å². The molecule has 0 aliphatic rings. The van der Waals surface area contributed by atoms with Gasteiger partial charge in [0.15, 0.2) is 6.10 Å². The molecule has 6 heteroatoms. The highest BCUT2D eigenvalue weighted by Crippen LogP contribution is 2.16. The lowest BCUT2D eigenvalue weighted by molar-refractivity contribution is -0.167. The number of hydrogen-bond donors (Lipinski definition) is 0. The maximum atomic E-state index is 12.8. The van der Waals surface area contributed by atoms with Crippen molar-refractivity contribution in [1.29, 1.82) is 0 Å². The van der Waals surface area contributed by atoms with Crippen LogP contribution in [0.1, 0.15) is 290 Å². The highest BCUT2D eigenvalue weighted by Gasteiger charge is 2.19. The van der Waals surface area contributed by atoms with Crippen LogP contribution < -0.4 is 0 Å². The first-order chi connectivity index (χ1) is 33.0. The molecule has 388 valence electrons. The van der Waals surface area contributed by atoms with Gasteiger partial charge in [-0.25, -0.2) is 0 Å². The summed E-state index contributed by atoms with van der Waals surface area (Å²) in [5.74, 6) is -0.883. The van der Waals surface area contributed by atoms with E-state index in [4.69, 9.17) is 14.2 Å². The summed E-state index contributed by atoms with van der Waals surface area (Å²) in [7, 11) is 0. The van der Waals surface area contributed by atoms with Crippen LogP contribution in [0.2, 0.25) is 0 Å². The zero-order valence-corrected chi connectivity index (χ0v) is 44.4. The number of ether oxygens (including phenoxy) is 3. The number of esters is 3. The van der Waals surface area contributed by atoms with E-state index >= 15 is 0 Å². The predicted octanol–water partition coefficient (Wildman–Crippen LogP) is 19.2. The molecule has 0 bridgehead atoms. The van der Waals surface area contributed by atoms with Gasteiger partial charge in [0.2, 0.25) is 0 Å². The Labute approximate surface area is 415 Å². The van der Waals surface area contributed by atoms with Gasteiger partial charge in [-0.1, -0.05) is 248 Å². The monoisotopic (exact) mass is 937 g/mol. The molecule has 0 saturated heterocycles. The molecule has 0 aromatic rings. The molecule has 0 aromatic carbocycles. The minimum atomic E-state index is -0.772. The maximum absolute atomic E-state index is 12.8.